The highest BCUT2D eigenvalue weighted by Crippen LogP contribution is 2.45. The Morgan fingerprint density at radius 1 is 1.29 bits per heavy atom. The van der Waals surface area contributed by atoms with Gasteiger partial charge in [0.2, 0.25) is 0 Å². The highest BCUT2D eigenvalue weighted by Gasteiger charge is 2.39. The summed E-state index contributed by atoms with van der Waals surface area (Å²) in [5, 5.41) is 9.93. The first-order valence-corrected chi connectivity index (χ1v) is 6.89. The van der Waals surface area contributed by atoms with Crippen molar-refractivity contribution >= 4 is 0 Å². The topological polar surface area (TPSA) is 33.1 Å². The lowest BCUT2D eigenvalue weighted by Gasteiger charge is -2.31. The average molecular weight is 231 g/mol. The number of pyridine rings is 1. The fourth-order valence-corrected chi connectivity index (χ4v) is 3.80. The van der Waals surface area contributed by atoms with E-state index in [9.17, 15) is 5.11 Å². The summed E-state index contributed by atoms with van der Waals surface area (Å²) in [5.41, 5.74) is 2.77. The van der Waals surface area contributed by atoms with Gasteiger partial charge in [0, 0.05) is 17.8 Å². The maximum atomic E-state index is 9.93. The predicted octanol–water partition coefficient (Wildman–Crippen LogP) is 2.91. The van der Waals surface area contributed by atoms with Gasteiger partial charge in [-0.15, -0.1) is 0 Å². The molecule has 1 saturated carbocycles. The summed E-state index contributed by atoms with van der Waals surface area (Å²) in [6, 6.07) is 4.28. The zero-order valence-corrected chi connectivity index (χ0v) is 10.5. The Bertz CT molecular complexity index is 404. The van der Waals surface area contributed by atoms with E-state index in [2.05, 4.69) is 18.0 Å². The van der Waals surface area contributed by atoms with Gasteiger partial charge in [0.1, 0.15) is 0 Å². The average Bonchev–Trinajstić information content (AvgIpc) is 2.69. The minimum atomic E-state index is -0.0888. The Morgan fingerprint density at radius 2 is 2.18 bits per heavy atom. The zero-order chi connectivity index (χ0) is 11.8. The Labute approximate surface area is 103 Å². The van der Waals surface area contributed by atoms with Crippen LogP contribution in [-0.2, 0) is 6.42 Å². The second kappa shape index (κ2) is 4.41. The number of hydrogen-bond donors (Lipinski definition) is 1. The van der Waals surface area contributed by atoms with Crippen LogP contribution >= 0.6 is 0 Å². The molecule has 92 valence electrons. The van der Waals surface area contributed by atoms with Crippen molar-refractivity contribution in [2.24, 2.45) is 11.8 Å². The first-order valence-electron chi connectivity index (χ1n) is 6.89. The van der Waals surface area contributed by atoms with E-state index in [1.54, 1.807) is 0 Å². The smallest absolute Gasteiger partial charge is 0.0568 e. The van der Waals surface area contributed by atoms with E-state index < -0.39 is 0 Å². The highest BCUT2D eigenvalue weighted by atomic mass is 16.3. The van der Waals surface area contributed by atoms with Gasteiger partial charge in [0.15, 0.2) is 0 Å². The molecule has 2 aliphatic carbocycles. The summed E-state index contributed by atoms with van der Waals surface area (Å²) < 4.78 is 0. The summed E-state index contributed by atoms with van der Waals surface area (Å²) in [7, 11) is 0. The SMILES string of the molecule is CC1C(O)CCC1C1CCCc2cccnc21. The lowest BCUT2D eigenvalue weighted by molar-refractivity contribution is 0.120. The Hall–Kier alpha value is -0.890. The van der Waals surface area contributed by atoms with Crippen LogP contribution in [0, 0.1) is 11.8 Å². The maximum absolute atomic E-state index is 9.93. The van der Waals surface area contributed by atoms with Crippen LogP contribution in [0.25, 0.3) is 0 Å². The van der Waals surface area contributed by atoms with Crippen molar-refractivity contribution < 1.29 is 5.11 Å². The van der Waals surface area contributed by atoms with Gasteiger partial charge in [-0.05, 0) is 55.6 Å². The summed E-state index contributed by atoms with van der Waals surface area (Å²) in [6.45, 7) is 2.21. The van der Waals surface area contributed by atoms with E-state index in [-0.39, 0.29) is 6.10 Å². The summed E-state index contributed by atoms with van der Waals surface area (Å²) in [5.74, 6) is 1.67. The van der Waals surface area contributed by atoms with E-state index in [1.807, 2.05) is 12.3 Å². The molecule has 4 unspecified atom stereocenters. The zero-order valence-electron chi connectivity index (χ0n) is 10.5. The number of nitrogens with zero attached hydrogens (tertiary/aromatic N) is 1. The van der Waals surface area contributed by atoms with Crippen LogP contribution in [-0.4, -0.2) is 16.2 Å². The Kier molecular flexibility index (Phi) is 2.91. The second-order valence-electron chi connectivity index (χ2n) is 5.71. The highest BCUT2D eigenvalue weighted by molar-refractivity contribution is 5.27. The second-order valence-corrected chi connectivity index (χ2v) is 5.71. The predicted molar refractivity (Wildman–Crippen MR) is 67.8 cm³/mol. The molecule has 0 spiro atoms. The minimum absolute atomic E-state index is 0.0888. The number of aryl methyl sites for hydroxylation is 1. The molecule has 1 aromatic rings. The van der Waals surface area contributed by atoms with Crippen LogP contribution in [0.2, 0.25) is 0 Å². The van der Waals surface area contributed by atoms with Crippen LogP contribution in [0.5, 0.6) is 0 Å². The van der Waals surface area contributed by atoms with E-state index >= 15 is 0 Å². The molecule has 0 aliphatic heterocycles. The molecule has 2 heteroatoms. The molecule has 1 fully saturated rings. The van der Waals surface area contributed by atoms with Gasteiger partial charge in [-0.25, -0.2) is 0 Å². The minimum Gasteiger partial charge on any atom is -0.393 e. The van der Waals surface area contributed by atoms with Crippen molar-refractivity contribution in [2.45, 2.75) is 51.0 Å². The van der Waals surface area contributed by atoms with Gasteiger partial charge in [0.05, 0.1) is 6.10 Å². The van der Waals surface area contributed by atoms with Gasteiger partial charge in [-0.1, -0.05) is 13.0 Å². The molecule has 1 aromatic heterocycles. The largest absolute Gasteiger partial charge is 0.393 e. The Morgan fingerprint density at radius 3 is 2.94 bits per heavy atom. The van der Waals surface area contributed by atoms with E-state index in [4.69, 9.17) is 0 Å². The van der Waals surface area contributed by atoms with Crippen LogP contribution in [0.3, 0.4) is 0 Å². The maximum Gasteiger partial charge on any atom is 0.0568 e. The van der Waals surface area contributed by atoms with Crippen LogP contribution in [0.4, 0.5) is 0 Å². The van der Waals surface area contributed by atoms with Crippen LogP contribution in [0.15, 0.2) is 18.3 Å². The van der Waals surface area contributed by atoms with E-state index in [1.165, 1.54) is 36.9 Å². The van der Waals surface area contributed by atoms with Crippen molar-refractivity contribution in [1.29, 1.82) is 0 Å². The molecule has 17 heavy (non-hydrogen) atoms. The third-order valence-corrected chi connectivity index (χ3v) is 4.83. The normalized spacial score (nSPS) is 36.8. The number of aliphatic hydroxyl groups excluding tert-OH is 1. The van der Waals surface area contributed by atoms with Crippen molar-refractivity contribution in [1.82, 2.24) is 4.98 Å². The summed E-state index contributed by atoms with van der Waals surface area (Å²) in [4.78, 5) is 4.62. The molecule has 3 rings (SSSR count). The molecule has 2 aliphatic rings. The first kappa shape index (κ1) is 11.2. The van der Waals surface area contributed by atoms with Crippen molar-refractivity contribution in [3.8, 4) is 0 Å². The Balaban J connectivity index is 1.90. The molecule has 0 saturated heterocycles. The molecule has 0 radical (unpaired) electrons. The first-order chi connectivity index (χ1) is 8.27. The van der Waals surface area contributed by atoms with Gasteiger partial charge >= 0.3 is 0 Å². The summed E-state index contributed by atoms with van der Waals surface area (Å²) in [6.07, 6.45) is 7.70. The fraction of sp³-hybridized carbons (Fsp3) is 0.667. The van der Waals surface area contributed by atoms with Gasteiger partial charge < -0.3 is 5.11 Å². The quantitative estimate of drug-likeness (QED) is 0.806. The van der Waals surface area contributed by atoms with Crippen LogP contribution < -0.4 is 0 Å². The molecule has 1 N–H and O–H groups in total. The molecule has 2 nitrogen and oxygen atoms in total. The van der Waals surface area contributed by atoms with Crippen LogP contribution in [0.1, 0.15) is 49.8 Å². The van der Waals surface area contributed by atoms with Gasteiger partial charge in [-0.3, -0.25) is 4.98 Å². The van der Waals surface area contributed by atoms with E-state index in [0.29, 0.717) is 17.8 Å². The fourth-order valence-electron chi connectivity index (χ4n) is 3.80. The van der Waals surface area contributed by atoms with Gasteiger partial charge in [0.25, 0.3) is 0 Å². The third-order valence-electron chi connectivity index (χ3n) is 4.83. The summed E-state index contributed by atoms with van der Waals surface area (Å²) >= 11 is 0. The van der Waals surface area contributed by atoms with E-state index in [0.717, 1.165) is 6.42 Å². The molecule has 4 atom stereocenters. The lowest BCUT2D eigenvalue weighted by atomic mass is 9.75. The molecule has 1 heterocycles. The molecular weight excluding hydrogens is 210 g/mol. The number of rotatable bonds is 1. The lowest BCUT2D eigenvalue weighted by Crippen LogP contribution is -2.24. The molecule has 0 bridgehead atoms. The standard InChI is InChI=1S/C15H21NO/c1-10-12(7-8-14(10)17)13-6-2-4-11-5-3-9-16-15(11)13/h3,5,9-10,12-14,17H,2,4,6-8H2,1H3. The molecule has 0 amide bonds. The number of aliphatic hydroxyl groups is 1. The number of hydrogen-bond acceptors (Lipinski definition) is 2. The van der Waals surface area contributed by atoms with Crippen molar-refractivity contribution in [2.75, 3.05) is 0 Å². The third kappa shape index (κ3) is 1.89. The van der Waals surface area contributed by atoms with Gasteiger partial charge in [-0.2, -0.15) is 0 Å². The molecular formula is C15H21NO. The molecule has 0 aromatic carbocycles. The monoisotopic (exact) mass is 231 g/mol. The van der Waals surface area contributed by atoms with Crippen molar-refractivity contribution in [3.05, 3.63) is 29.6 Å². The number of fused-ring (bicyclic) bond motifs is 1. The van der Waals surface area contributed by atoms with Crippen molar-refractivity contribution in [3.63, 3.8) is 0 Å². The number of aromatic nitrogens is 1.